The van der Waals surface area contributed by atoms with E-state index in [0.717, 1.165) is 35.3 Å². The number of hydrogen-bond acceptors (Lipinski definition) is 4. The first-order chi connectivity index (χ1) is 13.1. The van der Waals surface area contributed by atoms with E-state index in [-0.39, 0.29) is 12.5 Å². The molecular formula is C22H24N2O3. The van der Waals surface area contributed by atoms with Gasteiger partial charge in [0.1, 0.15) is 17.3 Å². The van der Waals surface area contributed by atoms with E-state index in [1.165, 1.54) is 5.56 Å². The van der Waals surface area contributed by atoms with Crippen LogP contribution in [0, 0.1) is 0 Å². The molecule has 0 N–H and O–H groups in total. The van der Waals surface area contributed by atoms with Crippen LogP contribution in [-0.2, 0) is 24.3 Å². The quantitative estimate of drug-likeness (QED) is 0.696. The van der Waals surface area contributed by atoms with Gasteiger partial charge in [0, 0.05) is 6.54 Å². The molecule has 0 saturated heterocycles. The number of ether oxygens (including phenoxy) is 1. The lowest BCUT2D eigenvalue weighted by molar-refractivity contribution is -0.134. The van der Waals surface area contributed by atoms with Crippen LogP contribution < -0.4 is 4.74 Å². The largest absolute Gasteiger partial charge is 0.484 e. The second-order valence-corrected chi connectivity index (χ2v) is 7.26. The Labute approximate surface area is 159 Å². The molecule has 1 aliphatic rings. The van der Waals surface area contributed by atoms with Gasteiger partial charge in [-0.15, -0.1) is 0 Å². The molecule has 5 nitrogen and oxygen atoms in total. The summed E-state index contributed by atoms with van der Waals surface area (Å²) in [5.41, 5.74) is 1.21. The number of carbonyl (C=O) groups is 1. The smallest absolute Gasteiger partial charge is 0.260 e. The van der Waals surface area contributed by atoms with Crippen LogP contribution in [0.25, 0.3) is 10.8 Å². The normalized spacial score (nSPS) is 13.8. The van der Waals surface area contributed by atoms with Gasteiger partial charge in [-0.2, -0.15) is 0 Å². The SMILES string of the molecule is CN(C)Cc1cc2c(o1)CN(C(=O)COc1ccc3ccccc3c1)CC2. The van der Waals surface area contributed by atoms with Crippen molar-refractivity contribution in [3.05, 3.63) is 65.6 Å². The fraction of sp³-hybridized carbons (Fsp3) is 0.318. The number of nitrogens with zero attached hydrogens (tertiary/aromatic N) is 2. The minimum Gasteiger partial charge on any atom is -0.484 e. The van der Waals surface area contributed by atoms with Gasteiger partial charge >= 0.3 is 0 Å². The van der Waals surface area contributed by atoms with Crippen LogP contribution in [0.15, 0.2) is 52.9 Å². The third kappa shape index (κ3) is 3.98. The predicted molar refractivity (Wildman–Crippen MR) is 105 cm³/mol. The second kappa shape index (κ2) is 7.45. The third-order valence-corrected chi connectivity index (χ3v) is 4.84. The molecule has 0 spiro atoms. The molecule has 5 heteroatoms. The Balaban J connectivity index is 1.37. The first-order valence-electron chi connectivity index (χ1n) is 9.23. The van der Waals surface area contributed by atoms with Gasteiger partial charge in [-0.1, -0.05) is 30.3 Å². The van der Waals surface area contributed by atoms with Gasteiger partial charge in [0.05, 0.1) is 13.1 Å². The van der Waals surface area contributed by atoms with E-state index >= 15 is 0 Å². The van der Waals surface area contributed by atoms with E-state index in [9.17, 15) is 4.79 Å². The summed E-state index contributed by atoms with van der Waals surface area (Å²) in [6.45, 7) is 2.03. The van der Waals surface area contributed by atoms with E-state index in [1.807, 2.05) is 55.4 Å². The Morgan fingerprint density at radius 2 is 1.96 bits per heavy atom. The summed E-state index contributed by atoms with van der Waals surface area (Å²) in [4.78, 5) is 16.5. The van der Waals surface area contributed by atoms with Crippen LogP contribution in [0.3, 0.4) is 0 Å². The van der Waals surface area contributed by atoms with Crippen molar-refractivity contribution >= 4 is 16.7 Å². The summed E-state index contributed by atoms with van der Waals surface area (Å²) >= 11 is 0. The molecule has 2 heterocycles. The molecule has 0 radical (unpaired) electrons. The summed E-state index contributed by atoms with van der Waals surface area (Å²) in [6.07, 6.45) is 0.827. The van der Waals surface area contributed by atoms with Crippen LogP contribution in [0.5, 0.6) is 5.75 Å². The monoisotopic (exact) mass is 364 g/mol. The van der Waals surface area contributed by atoms with Crippen molar-refractivity contribution in [2.75, 3.05) is 27.2 Å². The zero-order valence-corrected chi connectivity index (χ0v) is 15.8. The maximum atomic E-state index is 12.6. The molecule has 4 rings (SSSR count). The van der Waals surface area contributed by atoms with Gasteiger partial charge in [0.15, 0.2) is 6.61 Å². The molecule has 0 bridgehead atoms. The first-order valence-corrected chi connectivity index (χ1v) is 9.23. The number of furan rings is 1. The Morgan fingerprint density at radius 1 is 1.15 bits per heavy atom. The maximum Gasteiger partial charge on any atom is 0.260 e. The topological polar surface area (TPSA) is 45.9 Å². The molecule has 0 fully saturated rings. The summed E-state index contributed by atoms with van der Waals surface area (Å²) in [5, 5.41) is 2.26. The number of benzene rings is 2. The Kier molecular flexibility index (Phi) is 4.86. The van der Waals surface area contributed by atoms with E-state index in [0.29, 0.717) is 18.8 Å². The summed E-state index contributed by atoms with van der Waals surface area (Å²) in [7, 11) is 4.03. The standard InChI is InChI=1S/C22H24N2O3/c1-23(2)13-20-12-18-9-10-24(14-21(18)27-20)22(25)15-26-19-8-7-16-5-3-4-6-17(16)11-19/h3-8,11-12H,9-10,13-15H2,1-2H3. The number of carbonyl (C=O) groups excluding carboxylic acids is 1. The molecule has 1 aromatic heterocycles. The van der Waals surface area contributed by atoms with Crippen molar-refractivity contribution in [1.29, 1.82) is 0 Å². The number of rotatable bonds is 5. The van der Waals surface area contributed by atoms with Crippen LogP contribution in [-0.4, -0.2) is 43.0 Å². The molecule has 27 heavy (non-hydrogen) atoms. The van der Waals surface area contributed by atoms with Crippen LogP contribution >= 0.6 is 0 Å². The molecule has 0 unspecified atom stereocenters. The maximum absolute atomic E-state index is 12.6. The van der Waals surface area contributed by atoms with Crippen molar-refractivity contribution in [2.45, 2.75) is 19.5 Å². The van der Waals surface area contributed by atoms with E-state index < -0.39 is 0 Å². The van der Waals surface area contributed by atoms with Crippen molar-refractivity contribution < 1.29 is 13.9 Å². The molecule has 2 aromatic carbocycles. The van der Waals surface area contributed by atoms with Crippen molar-refractivity contribution in [1.82, 2.24) is 9.80 Å². The van der Waals surface area contributed by atoms with Crippen molar-refractivity contribution in [2.24, 2.45) is 0 Å². The van der Waals surface area contributed by atoms with Gasteiger partial charge in [-0.25, -0.2) is 0 Å². The van der Waals surface area contributed by atoms with Gasteiger partial charge in [0.25, 0.3) is 5.91 Å². The highest BCUT2D eigenvalue weighted by molar-refractivity contribution is 5.84. The number of hydrogen-bond donors (Lipinski definition) is 0. The summed E-state index contributed by atoms with van der Waals surface area (Å²) in [6, 6.07) is 16.1. The predicted octanol–water partition coefficient (Wildman–Crippen LogP) is 3.46. The lowest BCUT2D eigenvalue weighted by Gasteiger charge is -2.26. The molecule has 140 valence electrons. The van der Waals surface area contributed by atoms with Gasteiger partial charge in [0.2, 0.25) is 0 Å². The highest BCUT2D eigenvalue weighted by Gasteiger charge is 2.24. The third-order valence-electron chi connectivity index (χ3n) is 4.84. The van der Waals surface area contributed by atoms with Gasteiger partial charge in [-0.3, -0.25) is 4.79 Å². The molecule has 1 amide bonds. The van der Waals surface area contributed by atoms with E-state index in [2.05, 4.69) is 17.0 Å². The average Bonchev–Trinajstić information content (AvgIpc) is 3.06. The zero-order chi connectivity index (χ0) is 18.8. The first kappa shape index (κ1) is 17.6. The zero-order valence-electron chi connectivity index (χ0n) is 15.8. The Morgan fingerprint density at radius 3 is 2.78 bits per heavy atom. The minimum absolute atomic E-state index is 0.0145. The van der Waals surface area contributed by atoms with E-state index in [1.54, 1.807) is 0 Å². The average molecular weight is 364 g/mol. The Hall–Kier alpha value is -2.79. The second-order valence-electron chi connectivity index (χ2n) is 7.26. The fourth-order valence-electron chi connectivity index (χ4n) is 3.48. The van der Waals surface area contributed by atoms with Crippen LogP contribution in [0.1, 0.15) is 17.1 Å². The minimum atomic E-state index is -0.0145. The molecular weight excluding hydrogens is 340 g/mol. The Bertz CT molecular complexity index is 961. The van der Waals surface area contributed by atoms with Crippen LogP contribution in [0.2, 0.25) is 0 Å². The van der Waals surface area contributed by atoms with Gasteiger partial charge < -0.3 is 19.0 Å². The summed E-state index contributed by atoms with van der Waals surface area (Å²) in [5.74, 6) is 2.55. The number of fused-ring (bicyclic) bond motifs is 2. The molecule has 3 aromatic rings. The highest BCUT2D eigenvalue weighted by Crippen LogP contribution is 2.24. The fourth-order valence-corrected chi connectivity index (χ4v) is 3.48. The molecule has 1 aliphatic heterocycles. The van der Waals surface area contributed by atoms with E-state index in [4.69, 9.17) is 9.15 Å². The summed E-state index contributed by atoms with van der Waals surface area (Å²) < 4.78 is 11.7. The molecule has 0 aliphatic carbocycles. The highest BCUT2D eigenvalue weighted by atomic mass is 16.5. The lowest BCUT2D eigenvalue weighted by atomic mass is 10.1. The number of amides is 1. The van der Waals surface area contributed by atoms with Gasteiger partial charge in [-0.05, 0) is 55.1 Å². The van der Waals surface area contributed by atoms with Crippen molar-refractivity contribution in [3.63, 3.8) is 0 Å². The molecule has 0 atom stereocenters. The lowest BCUT2D eigenvalue weighted by Crippen LogP contribution is -2.38. The molecule has 0 saturated carbocycles. The van der Waals surface area contributed by atoms with Crippen molar-refractivity contribution in [3.8, 4) is 5.75 Å². The van der Waals surface area contributed by atoms with Crippen LogP contribution in [0.4, 0.5) is 0 Å².